The third-order valence-corrected chi connectivity index (χ3v) is 6.37. The number of nitrogens with zero attached hydrogens (tertiary/aromatic N) is 1. The Morgan fingerprint density at radius 1 is 1.12 bits per heavy atom. The first kappa shape index (κ1) is 16.9. The van der Waals surface area contributed by atoms with Crippen LogP contribution in [-0.2, 0) is 11.3 Å². The number of carbonyl (C=O) groups is 1. The summed E-state index contributed by atoms with van der Waals surface area (Å²) in [7, 11) is 0. The molecule has 1 heterocycles. The Balaban J connectivity index is 1.48. The van der Waals surface area contributed by atoms with Gasteiger partial charge in [-0.15, -0.1) is 0 Å². The van der Waals surface area contributed by atoms with E-state index in [-0.39, 0.29) is 6.04 Å². The SMILES string of the molecule is O=C(O)C1CC2CCCCC2N1Cc1cccc(OC2CCCC2)c1. The molecule has 1 aromatic rings. The Morgan fingerprint density at radius 3 is 2.68 bits per heavy atom. The maximum atomic E-state index is 11.8. The Bertz CT molecular complexity index is 611. The van der Waals surface area contributed by atoms with Crippen LogP contribution >= 0.6 is 0 Å². The van der Waals surface area contributed by atoms with Crippen LogP contribution in [0.1, 0.15) is 63.4 Å². The lowest BCUT2D eigenvalue weighted by atomic mass is 9.84. The number of likely N-dealkylation sites (tertiary alicyclic amines) is 1. The van der Waals surface area contributed by atoms with E-state index in [1.807, 2.05) is 12.1 Å². The molecule has 25 heavy (non-hydrogen) atoms. The minimum Gasteiger partial charge on any atom is -0.490 e. The van der Waals surface area contributed by atoms with Crippen molar-refractivity contribution in [2.24, 2.45) is 5.92 Å². The fraction of sp³-hybridized carbons (Fsp3) is 0.667. The van der Waals surface area contributed by atoms with Crippen molar-refractivity contribution >= 4 is 5.97 Å². The van der Waals surface area contributed by atoms with Gasteiger partial charge in [-0.3, -0.25) is 9.69 Å². The van der Waals surface area contributed by atoms with Gasteiger partial charge < -0.3 is 9.84 Å². The summed E-state index contributed by atoms with van der Waals surface area (Å²) in [4.78, 5) is 14.0. The highest BCUT2D eigenvalue weighted by atomic mass is 16.5. The maximum absolute atomic E-state index is 11.8. The summed E-state index contributed by atoms with van der Waals surface area (Å²) in [5.74, 6) is 0.844. The van der Waals surface area contributed by atoms with E-state index in [4.69, 9.17) is 4.74 Å². The van der Waals surface area contributed by atoms with E-state index >= 15 is 0 Å². The molecule has 136 valence electrons. The fourth-order valence-electron chi connectivity index (χ4n) is 5.15. The molecule has 0 spiro atoms. The number of ether oxygens (including phenoxy) is 1. The highest BCUT2D eigenvalue weighted by molar-refractivity contribution is 5.74. The van der Waals surface area contributed by atoms with Crippen LogP contribution in [-0.4, -0.2) is 34.2 Å². The van der Waals surface area contributed by atoms with Crippen molar-refractivity contribution < 1.29 is 14.6 Å². The minimum absolute atomic E-state index is 0.326. The van der Waals surface area contributed by atoms with Crippen molar-refractivity contribution in [3.05, 3.63) is 29.8 Å². The second-order valence-corrected chi connectivity index (χ2v) is 8.05. The predicted molar refractivity (Wildman–Crippen MR) is 96.7 cm³/mol. The van der Waals surface area contributed by atoms with E-state index in [9.17, 15) is 9.90 Å². The number of benzene rings is 1. The summed E-state index contributed by atoms with van der Waals surface area (Å²) in [6.07, 6.45) is 10.8. The first-order valence-electron chi connectivity index (χ1n) is 9.95. The Hall–Kier alpha value is -1.55. The predicted octanol–water partition coefficient (Wildman–Crippen LogP) is 4.23. The van der Waals surface area contributed by atoms with Crippen LogP contribution in [0, 0.1) is 5.92 Å². The molecule has 4 nitrogen and oxygen atoms in total. The largest absolute Gasteiger partial charge is 0.490 e. The molecule has 1 aliphatic heterocycles. The summed E-state index contributed by atoms with van der Waals surface area (Å²) in [5, 5.41) is 9.69. The summed E-state index contributed by atoms with van der Waals surface area (Å²) >= 11 is 0. The molecular weight excluding hydrogens is 314 g/mol. The smallest absolute Gasteiger partial charge is 0.320 e. The van der Waals surface area contributed by atoms with Crippen molar-refractivity contribution in [2.75, 3.05) is 0 Å². The molecule has 4 heteroatoms. The van der Waals surface area contributed by atoms with Crippen molar-refractivity contribution in [3.8, 4) is 5.75 Å². The Labute approximate surface area is 150 Å². The lowest BCUT2D eigenvalue weighted by molar-refractivity contribution is -0.142. The molecule has 3 aliphatic rings. The zero-order valence-corrected chi connectivity index (χ0v) is 14.9. The number of fused-ring (bicyclic) bond motifs is 1. The van der Waals surface area contributed by atoms with Crippen molar-refractivity contribution in [1.29, 1.82) is 0 Å². The molecule has 2 saturated carbocycles. The van der Waals surface area contributed by atoms with E-state index in [0.29, 0.717) is 18.1 Å². The summed E-state index contributed by atoms with van der Waals surface area (Å²) < 4.78 is 6.13. The van der Waals surface area contributed by atoms with Crippen LogP contribution in [0.5, 0.6) is 5.75 Å². The number of rotatable bonds is 5. The molecule has 3 unspecified atom stereocenters. The molecule has 1 N–H and O–H groups in total. The third kappa shape index (κ3) is 3.69. The molecule has 0 aromatic heterocycles. The molecule has 1 saturated heterocycles. The molecule has 4 rings (SSSR count). The van der Waals surface area contributed by atoms with Gasteiger partial charge in [-0.25, -0.2) is 0 Å². The van der Waals surface area contributed by atoms with E-state index in [2.05, 4.69) is 17.0 Å². The van der Waals surface area contributed by atoms with Gasteiger partial charge in [-0.1, -0.05) is 25.0 Å². The number of carboxylic acids is 1. The number of hydrogen-bond acceptors (Lipinski definition) is 3. The van der Waals surface area contributed by atoms with E-state index < -0.39 is 5.97 Å². The average Bonchev–Trinajstić information content (AvgIpc) is 3.24. The van der Waals surface area contributed by atoms with Crippen LogP contribution in [0.15, 0.2) is 24.3 Å². The van der Waals surface area contributed by atoms with Gasteiger partial charge in [0.2, 0.25) is 0 Å². The van der Waals surface area contributed by atoms with E-state index in [0.717, 1.165) is 38.0 Å². The highest BCUT2D eigenvalue weighted by Crippen LogP contribution is 2.40. The quantitative estimate of drug-likeness (QED) is 0.869. The van der Waals surface area contributed by atoms with Crippen LogP contribution in [0.3, 0.4) is 0 Å². The minimum atomic E-state index is -0.659. The van der Waals surface area contributed by atoms with Crippen LogP contribution < -0.4 is 4.74 Å². The van der Waals surface area contributed by atoms with Crippen molar-refractivity contribution in [2.45, 2.75) is 82.5 Å². The van der Waals surface area contributed by atoms with Crippen LogP contribution in [0.25, 0.3) is 0 Å². The normalized spacial score (nSPS) is 30.3. The first-order chi connectivity index (χ1) is 12.2. The van der Waals surface area contributed by atoms with Gasteiger partial charge >= 0.3 is 5.97 Å². The Morgan fingerprint density at radius 2 is 1.88 bits per heavy atom. The molecule has 3 fully saturated rings. The number of aliphatic carboxylic acids is 1. The molecule has 3 atom stereocenters. The summed E-state index contributed by atoms with van der Waals surface area (Å²) in [5.41, 5.74) is 1.17. The first-order valence-corrected chi connectivity index (χ1v) is 9.95. The lowest BCUT2D eigenvalue weighted by Gasteiger charge is -2.33. The average molecular weight is 343 g/mol. The fourth-order valence-corrected chi connectivity index (χ4v) is 5.15. The van der Waals surface area contributed by atoms with Gasteiger partial charge in [0.05, 0.1) is 6.10 Å². The second kappa shape index (κ2) is 7.36. The standard InChI is InChI=1S/C21H29NO3/c23-21(24)20-13-16-7-1-4-11-19(16)22(20)14-15-6-5-10-18(12-15)25-17-8-2-3-9-17/h5-6,10,12,16-17,19-20H,1-4,7-9,11,13-14H2,(H,23,24). The van der Waals surface area contributed by atoms with Crippen molar-refractivity contribution in [1.82, 2.24) is 4.90 Å². The van der Waals surface area contributed by atoms with Gasteiger partial charge in [0.25, 0.3) is 0 Å². The molecule has 2 aliphatic carbocycles. The monoisotopic (exact) mass is 343 g/mol. The molecule has 0 amide bonds. The molecule has 0 radical (unpaired) electrons. The van der Waals surface area contributed by atoms with Gasteiger partial charge in [0.15, 0.2) is 0 Å². The van der Waals surface area contributed by atoms with Gasteiger partial charge in [0, 0.05) is 12.6 Å². The lowest BCUT2D eigenvalue weighted by Crippen LogP contribution is -2.41. The van der Waals surface area contributed by atoms with Gasteiger partial charge in [-0.05, 0) is 68.6 Å². The van der Waals surface area contributed by atoms with Crippen molar-refractivity contribution in [3.63, 3.8) is 0 Å². The van der Waals surface area contributed by atoms with E-state index in [1.165, 1.54) is 37.7 Å². The maximum Gasteiger partial charge on any atom is 0.320 e. The Kier molecular flexibility index (Phi) is 4.98. The molecular formula is C21H29NO3. The summed E-state index contributed by atoms with van der Waals surface area (Å²) in [6, 6.07) is 8.42. The zero-order chi connectivity index (χ0) is 17.2. The molecule has 1 aromatic carbocycles. The summed E-state index contributed by atoms with van der Waals surface area (Å²) in [6.45, 7) is 0.722. The topological polar surface area (TPSA) is 49.8 Å². The highest BCUT2D eigenvalue weighted by Gasteiger charge is 2.44. The second-order valence-electron chi connectivity index (χ2n) is 8.05. The van der Waals surface area contributed by atoms with Crippen LogP contribution in [0.4, 0.5) is 0 Å². The van der Waals surface area contributed by atoms with Crippen LogP contribution in [0.2, 0.25) is 0 Å². The van der Waals surface area contributed by atoms with Gasteiger partial charge in [-0.2, -0.15) is 0 Å². The zero-order valence-electron chi connectivity index (χ0n) is 14.9. The van der Waals surface area contributed by atoms with E-state index in [1.54, 1.807) is 0 Å². The number of hydrogen-bond donors (Lipinski definition) is 1. The third-order valence-electron chi connectivity index (χ3n) is 6.37. The molecule has 0 bridgehead atoms. The number of carboxylic acid groups (broad SMARTS) is 1. The van der Waals surface area contributed by atoms with Gasteiger partial charge in [0.1, 0.15) is 11.8 Å².